The van der Waals surface area contributed by atoms with Crippen molar-refractivity contribution in [2.24, 2.45) is 5.10 Å². The van der Waals surface area contributed by atoms with Crippen LogP contribution >= 0.6 is 15.9 Å². The van der Waals surface area contributed by atoms with Crippen LogP contribution in [0.25, 0.3) is 16.9 Å². The monoisotopic (exact) mass is 504 g/mol. The smallest absolute Gasteiger partial charge is 0.271 e. The molecule has 0 bridgehead atoms. The van der Waals surface area contributed by atoms with Crippen molar-refractivity contribution in [1.29, 1.82) is 0 Å². The number of methoxy groups -OCH3 is 2. The number of aromatic nitrogens is 2. The Bertz CT molecular complexity index is 1290. The normalized spacial score (nSPS) is 10.9. The van der Waals surface area contributed by atoms with Crippen LogP contribution in [-0.2, 0) is 0 Å². The second-order valence-electron chi connectivity index (χ2n) is 6.99. The third-order valence-electron chi connectivity index (χ3n) is 4.90. The van der Waals surface area contributed by atoms with Crippen molar-refractivity contribution >= 4 is 28.1 Å². The van der Waals surface area contributed by atoms with Gasteiger partial charge in [0, 0.05) is 27.4 Å². The van der Waals surface area contributed by atoms with Crippen molar-refractivity contribution in [1.82, 2.24) is 15.2 Å². The number of para-hydroxylation sites is 1. The van der Waals surface area contributed by atoms with Gasteiger partial charge in [0.05, 0.1) is 26.1 Å². The number of ether oxygens (including phenoxy) is 2. The lowest BCUT2D eigenvalue weighted by Gasteiger charge is -2.09. The van der Waals surface area contributed by atoms with Crippen LogP contribution in [0.3, 0.4) is 0 Å². The minimum absolute atomic E-state index is 0.304. The maximum atomic E-state index is 12.4. The van der Waals surface area contributed by atoms with Crippen molar-refractivity contribution in [3.05, 3.63) is 94.6 Å². The highest BCUT2D eigenvalue weighted by atomic mass is 79.9. The standard InChI is InChI=1S/C25H21BrN4O3/c1-32-22-13-10-18(14-23(22)33-2)24-19(16-30(29-24)21-6-4-3-5-7-21)15-27-28-25(31)17-8-11-20(26)12-9-17/h3-16H,1-2H3,(H,28,31)/b27-15-. The van der Waals surface area contributed by atoms with E-state index < -0.39 is 0 Å². The average molecular weight is 505 g/mol. The quantitative estimate of drug-likeness (QED) is 0.281. The minimum Gasteiger partial charge on any atom is -0.493 e. The van der Waals surface area contributed by atoms with Gasteiger partial charge < -0.3 is 9.47 Å². The molecule has 1 aromatic heterocycles. The van der Waals surface area contributed by atoms with Crippen LogP contribution in [0.4, 0.5) is 0 Å². The number of carbonyl (C=O) groups is 1. The number of benzene rings is 3. The lowest BCUT2D eigenvalue weighted by molar-refractivity contribution is 0.0955. The largest absolute Gasteiger partial charge is 0.493 e. The molecule has 1 N–H and O–H groups in total. The Labute approximate surface area is 199 Å². The molecule has 0 aliphatic heterocycles. The van der Waals surface area contributed by atoms with Crippen molar-refractivity contribution in [2.45, 2.75) is 0 Å². The van der Waals surface area contributed by atoms with E-state index in [-0.39, 0.29) is 5.91 Å². The summed E-state index contributed by atoms with van der Waals surface area (Å²) in [4.78, 5) is 12.4. The Morgan fingerprint density at radius 1 is 1.00 bits per heavy atom. The molecule has 4 aromatic rings. The molecule has 0 saturated heterocycles. The van der Waals surface area contributed by atoms with Gasteiger partial charge in [-0.2, -0.15) is 10.2 Å². The van der Waals surface area contributed by atoms with Gasteiger partial charge in [0.2, 0.25) is 0 Å². The molecule has 0 aliphatic rings. The van der Waals surface area contributed by atoms with Crippen LogP contribution in [0, 0.1) is 0 Å². The first-order valence-corrected chi connectivity index (χ1v) is 10.8. The van der Waals surface area contributed by atoms with E-state index in [1.54, 1.807) is 49.4 Å². The Morgan fingerprint density at radius 3 is 2.42 bits per heavy atom. The number of nitrogens with zero attached hydrogens (tertiary/aromatic N) is 3. The highest BCUT2D eigenvalue weighted by Crippen LogP contribution is 2.33. The first kappa shape index (κ1) is 22.3. The molecular weight excluding hydrogens is 484 g/mol. The van der Waals surface area contributed by atoms with Gasteiger partial charge in [-0.15, -0.1) is 0 Å². The fourth-order valence-corrected chi connectivity index (χ4v) is 3.49. The Hall–Kier alpha value is -3.91. The molecule has 3 aromatic carbocycles. The van der Waals surface area contributed by atoms with Crippen LogP contribution in [0.2, 0.25) is 0 Å². The molecule has 166 valence electrons. The summed E-state index contributed by atoms with van der Waals surface area (Å²) in [5.74, 6) is 0.915. The number of nitrogens with one attached hydrogen (secondary N) is 1. The van der Waals surface area contributed by atoms with E-state index in [2.05, 4.69) is 26.5 Å². The maximum absolute atomic E-state index is 12.4. The Morgan fingerprint density at radius 2 is 1.73 bits per heavy atom. The maximum Gasteiger partial charge on any atom is 0.271 e. The van der Waals surface area contributed by atoms with Gasteiger partial charge >= 0.3 is 0 Å². The molecule has 0 aliphatic carbocycles. The second kappa shape index (κ2) is 10.1. The van der Waals surface area contributed by atoms with Gasteiger partial charge in [0.1, 0.15) is 5.69 Å². The molecule has 33 heavy (non-hydrogen) atoms. The molecule has 1 amide bonds. The fraction of sp³-hybridized carbons (Fsp3) is 0.0800. The number of halogens is 1. The van der Waals surface area contributed by atoms with Crippen LogP contribution in [0.1, 0.15) is 15.9 Å². The molecule has 7 nitrogen and oxygen atoms in total. The topological polar surface area (TPSA) is 77.7 Å². The number of hydrogen-bond acceptors (Lipinski definition) is 5. The van der Waals surface area contributed by atoms with E-state index in [1.807, 2.05) is 54.7 Å². The van der Waals surface area contributed by atoms with Crippen molar-refractivity contribution in [3.63, 3.8) is 0 Å². The second-order valence-corrected chi connectivity index (χ2v) is 7.90. The minimum atomic E-state index is -0.304. The number of hydrazone groups is 1. The van der Waals surface area contributed by atoms with Crippen molar-refractivity contribution in [2.75, 3.05) is 14.2 Å². The van der Waals surface area contributed by atoms with Gasteiger partial charge in [-0.3, -0.25) is 4.79 Å². The number of hydrogen-bond donors (Lipinski definition) is 1. The van der Waals surface area contributed by atoms with Crippen molar-refractivity contribution in [3.8, 4) is 28.4 Å². The molecule has 1 heterocycles. The summed E-state index contributed by atoms with van der Waals surface area (Å²) in [6, 6.07) is 22.4. The summed E-state index contributed by atoms with van der Waals surface area (Å²) >= 11 is 3.36. The average Bonchev–Trinajstić information content (AvgIpc) is 3.28. The van der Waals surface area contributed by atoms with Gasteiger partial charge in [-0.25, -0.2) is 10.1 Å². The van der Waals surface area contributed by atoms with E-state index in [0.717, 1.165) is 21.3 Å². The van der Waals surface area contributed by atoms with E-state index in [9.17, 15) is 4.79 Å². The predicted molar refractivity (Wildman–Crippen MR) is 131 cm³/mol. The van der Waals surface area contributed by atoms with Crippen molar-refractivity contribution < 1.29 is 14.3 Å². The summed E-state index contributed by atoms with van der Waals surface area (Å²) in [7, 11) is 3.18. The molecular formula is C25H21BrN4O3. The van der Waals surface area contributed by atoms with Crippen LogP contribution in [-0.4, -0.2) is 36.1 Å². The lowest BCUT2D eigenvalue weighted by Crippen LogP contribution is -2.17. The zero-order chi connectivity index (χ0) is 23.2. The zero-order valence-electron chi connectivity index (χ0n) is 18.0. The van der Waals surface area contributed by atoms with E-state index in [1.165, 1.54) is 0 Å². The van der Waals surface area contributed by atoms with Crippen LogP contribution < -0.4 is 14.9 Å². The summed E-state index contributed by atoms with van der Waals surface area (Å²) in [6.45, 7) is 0. The third-order valence-corrected chi connectivity index (χ3v) is 5.43. The third kappa shape index (κ3) is 5.12. The molecule has 8 heteroatoms. The fourth-order valence-electron chi connectivity index (χ4n) is 3.23. The predicted octanol–water partition coefficient (Wildman–Crippen LogP) is 5.08. The van der Waals surface area contributed by atoms with E-state index in [0.29, 0.717) is 22.8 Å². The SMILES string of the molecule is COc1ccc(-c2nn(-c3ccccc3)cc2/C=N\NC(=O)c2ccc(Br)cc2)cc1OC. The number of amides is 1. The Balaban J connectivity index is 1.67. The van der Waals surface area contributed by atoms with Crippen LogP contribution in [0.15, 0.2) is 88.6 Å². The number of carbonyl (C=O) groups excluding carboxylic acids is 1. The van der Waals surface area contributed by atoms with Crippen LogP contribution in [0.5, 0.6) is 11.5 Å². The molecule has 0 spiro atoms. The highest BCUT2D eigenvalue weighted by molar-refractivity contribution is 9.10. The summed E-state index contributed by atoms with van der Waals surface area (Å²) in [5, 5.41) is 8.92. The first-order chi connectivity index (χ1) is 16.1. The molecule has 0 saturated carbocycles. The summed E-state index contributed by atoms with van der Waals surface area (Å²) < 4.78 is 13.5. The summed E-state index contributed by atoms with van der Waals surface area (Å²) in [6.07, 6.45) is 3.44. The first-order valence-electron chi connectivity index (χ1n) is 10.1. The lowest BCUT2D eigenvalue weighted by atomic mass is 10.1. The Kier molecular flexibility index (Phi) is 6.85. The number of rotatable bonds is 7. The van der Waals surface area contributed by atoms with Gasteiger partial charge in [-0.05, 0) is 54.6 Å². The molecule has 0 atom stereocenters. The zero-order valence-corrected chi connectivity index (χ0v) is 19.6. The molecule has 4 rings (SSSR count). The molecule has 0 fully saturated rings. The van der Waals surface area contributed by atoms with Gasteiger partial charge in [-0.1, -0.05) is 34.1 Å². The van der Waals surface area contributed by atoms with Gasteiger partial charge in [0.25, 0.3) is 5.91 Å². The summed E-state index contributed by atoms with van der Waals surface area (Å²) in [5.41, 5.74) is 6.21. The van der Waals surface area contributed by atoms with Gasteiger partial charge in [0.15, 0.2) is 11.5 Å². The highest BCUT2D eigenvalue weighted by Gasteiger charge is 2.14. The van der Waals surface area contributed by atoms with E-state index >= 15 is 0 Å². The molecule has 0 unspecified atom stereocenters. The molecule has 0 radical (unpaired) electrons. The van der Waals surface area contributed by atoms with E-state index in [4.69, 9.17) is 14.6 Å².